The van der Waals surface area contributed by atoms with Crippen molar-refractivity contribution in [2.45, 2.75) is 36.7 Å². The van der Waals surface area contributed by atoms with Crippen LogP contribution in [-0.4, -0.2) is 23.9 Å². The van der Waals surface area contributed by atoms with Crippen molar-refractivity contribution in [1.29, 1.82) is 0 Å². The number of aryl methyl sites for hydroxylation is 2. The number of halogens is 1. The maximum Gasteiger partial charge on any atom is 0.240 e. The van der Waals surface area contributed by atoms with Gasteiger partial charge >= 0.3 is 0 Å². The number of fused-ring (bicyclic) bond motifs is 1. The molecule has 174 valence electrons. The molecule has 2 aromatic carbocycles. The van der Waals surface area contributed by atoms with Gasteiger partial charge in [-0.1, -0.05) is 41.4 Å². The van der Waals surface area contributed by atoms with E-state index < -0.39 is 20.2 Å². The van der Waals surface area contributed by atoms with E-state index in [1.54, 1.807) is 49.4 Å². The molecule has 1 N–H and O–H groups in total. The summed E-state index contributed by atoms with van der Waals surface area (Å²) in [6.07, 6.45) is 1.20. The molecule has 0 spiro atoms. The van der Waals surface area contributed by atoms with Crippen molar-refractivity contribution >= 4 is 38.4 Å². The van der Waals surface area contributed by atoms with Crippen LogP contribution in [0.25, 0.3) is 11.0 Å². The molecule has 4 aromatic rings. The van der Waals surface area contributed by atoms with Crippen molar-refractivity contribution in [3.63, 3.8) is 0 Å². The Morgan fingerprint density at radius 2 is 1.68 bits per heavy atom. The number of aromatic nitrogens is 2. The zero-order valence-corrected chi connectivity index (χ0v) is 20.2. The number of pyridine rings is 2. The van der Waals surface area contributed by atoms with E-state index in [1.165, 1.54) is 29.0 Å². The zero-order chi connectivity index (χ0) is 24.5. The largest absolute Gasteiger partial charge is 0.350 e. The fourth-order valence-electron chi connectivity index (χ4n) is 3.50. The second-order valence-electron chi connectivity index (χ2n) is 7.99. The second-order valence-corrected chi connectivity index (χ2v) is 10.3. The molecule has 0 bridgehead atoms. The molecular formula is C25H22ClN3O4S. The first-order chi connectivity index (χ1) is 16.1. The van der Waals surface area contributed by atoms with Gasteiger partial charge in [0.15, 0.2) is 0 Å². The number of benzene rings is 2. The lowest BCUT2D eigenvalue weighted by molar-refractivity contribution is -0.121. The summed E-state index contributed by atoms with van der Waals surface area (Å²) in [6, 6.07) is 16.5. The molecule has 0 saturated carbocycles. The van der Waals surface area contributed by atoms with Crippen LogP contribution in [0, 0.1) is 13.8 Å². The van der Waals surface area contributed by atoms with Crippen LogP contribution in [0.5, 0.6) is 0 Å². The molecule has 1 amide bonds. The SMILES string of the molecule is Cc1ccc(S(=O)(=O)c2cn(CC(=O)NCc3ccc(Cl)cc3)c3nc(C)ccc3c2=O)cc1. The topological polar surface area (TPSA) is 98.1 Å². The Labute approximate surface area is 202 Å². The first-order valence-electron chi connectivity index (χ1n) is 10.5. The van der Waals surface area contributed by atoms with Gasteiger partial charge in [-0.05, 0) is 55.8 Å². The molecule has 0 aliphatic carbocycles. The summed E-state index contributed by atoms with van der Waals surface area (Å²) in [5.74, 6) is -0.359. The molecule has 4 rings (SSSR count). The van der Waals surface area contributed by atoms with Crippen molar-refractivity contribution in [1.82, 2.24) is 14.9 Å². The number of hydrogen-bond donors (Lipinski definition) is 1. The third-order valence-electron chi connectivity index (χ3n) is 5.37. The summed E-state index contributed by atoms with van der Waals surface area (Å²) in [7, 11) is -4.11. The van der Waals surface area contributed by atoms with Crippen LogP contribution < -0.4 is 10.7 Å². The van der Waals surface area contributed by atoms with Crippen molar-refractivity contribution in [2.75, 3.05) is 0 Å². The molecule has 0 radical (unpaired) electrons. The van der Waals surface area contributed by atoms with Crippen LogP contribution in [0.3, 0.4) is 0 Å². The maximum atomic E-state index is 13.3. The Morgan fingerprint density at radius 3 is 2.35 bits per heavy atom. The van der Waals surface area contributed by atoms with Gasteiger partial charge in [0, 0.05) is 23.5 Å². The van der Waals surface area contributed by atoms with Crippen LogP contribution in [-0.2, 0) is 27.7 Å². The van der Waals surface area contributed by atoms with Crippen LogP contribution in [0.2, 0.25) is 5.02 Å². The first kappa shape index (κ1) is 23.7. The molecule has 0 fully saturated rings. The van der Waals surface area contributed by atoms with Gasteiger partial charge in [-0.15, -0.1) is 0 Å². The highest BCUT2D eigenvalue weighted by Crippen LogP contribution is 2.21. The second kappa shape index (κ2) is 9.40. The minimum atomic E-state index is -4.11. The summed E-state index contributed by atoms with van der Waals surface area (Å²) in [5.41, 5.74) is 1.98. The molecule has 0 atom stereocenters. The lowest BCUT2D eigenvalue weighted by atomic mass is 10.2. The predicted octanol–water partition coefficient (Wildman–Crippen LogP) is 3.82. The van der Waals surface area contributed by atoms with E-state index in [0.717, 1.165) is 11.1 Å². The fourth-order valence-corrected chi connectivity index (χ4v) is 5.00. The highest BCUT2D eigenvalue weighted by Gasteiger charge is 2.24. The molecule has 0 aliphatic rings. The lowest BCUT2D eigenvalue weighted by Crippen LogP contribution is -2.29. The number of rotatable bonds is 6. The number of sulfone groups is 1. The summed E-state index contributed by atoms with van der Waals surface area (Å²) >= 11 is 5.89. The van der Waals surface area contributed by atoms with Gasteiger partial charge in [0.2, 0.25) is 21.2 Å². The monoisotopic (exact) mass is 495 g/mol. The van der Waals surface area contributed by atoms with Crippen LogP contribution in [0.15, 0.2) is 81.4 Å². The third kappa shape index (κ3) is 4.88. The quantitative estimate of drug-likeness (QED) is 0.438. The van der Waals surface area contributed by atoms with Gasteiger partial charge in [-0.2, -0.15) is 0 Å². The molecule has 2 aromatic heterocycles. The van der Waals surface area contributed by atoms with E-state index >= 15 is 0 Å². The van der Waals surface area contributed by atoms with Crippen LogP contribution in [0.4, 0.5) is 0 Å². The molecule has 9 heteroatoms. The normalized spacial score (nSPS) is 11.5. The van der Waals surface area contributed by atoms with Crippen molar-refractivity contribution in [3.05, 3.63) is 98.9 Å². The van der Waals surface area contributed by atoms with Gasteiger partial charge in [0.25, 0.3) is 0 Å². The molecule has 0 aliphatic heterocycles. The van der Waals surface area contributed by atoms with Gasteiger partial charge in [-0.3, -0.25) is 9.59 Å². The highest BCUT2D eigenvalue weighted by atomic mass is 35.5. The Hall–Kier alpha value is -3.49. The zero-order valence-electron chi connectivity index (χ0n) is 18.6. The smallest absolute Gasteiger partial charge is 0.240 e. The standard InChI is InChI=1S/C25H22ClN3O4S/c1-16-3-10-20(11-4-16)34(32,33)22-14-29(25-21(24(22)31)12-5-17(2)28-25)15-23(30)27-13-18-6-8-19(26)9-7-18/h3-12,14H,13,15H2,1-2H3,(H,27,30). The number of nitrogens with one attached hydrogen (secondary N) is 1. The summed E-state index contributed by atoms with van der Waals surface area (Å²) in [5, 5.41) is 3.52. The van der Waals surface area contributed by atoms with Crippen LogP contribution in [0.1, 0.15) is 16.8 Å². The lowest BCUT2D eigenvalue weighted by Gasteiger charge is -2.14. The van der Waals surface area contributed by atoms with E-state index in [1.807, 2.05) is 6.92 Å². The van der Waals surface area contributed by atoms with E-state index in [-0.39, 0.29) is 34.9 Å². The average molecular weight is 496 g/mol. The molecular weight excluding hydrogens is 474 g/mol. The van der Waals surface area contributed by atoms with Crippen LogP contribution >= 0.6 is 11.6 Å². The Kier molecular flexibility index (Phi) is 6.54. The maximum absolute atomic E-state index is 13.3. The van der Waals surface area contributed by atoms with Gasteiger partial charge in [-0.25, -0.2) is 13.4 Å². The van der Waals surface area contributed by atoms with Crippen molar-refractivity contribution in [3.8, 4) is 0 Å². The highest BCUT2D eigenvalue weighted by molar-refractivity contribution is 7.91. The van der Waals surface area contributed by atoms with E-state index in [2.05, 4.69) is 10.3 Å². The van der Waals surface area contributed by atoms with Crippen molar-refractivity contribution < 1.29 is 13.2 Å². The molecule has 34 heavy (non-hydrogen) atoms. The Bertz CT molecular complexity index is 1540. The summed E-state index contributed by atoms with van der Waals surface area (Å²) < 4.78 is 28.0. The minimum Gasteiger partial charge on any atom is -0.350 e. The van der Waals surface area contributed by atoms with E-state index in [0.29, 0.717) is 10.7 Å². The number of carbonyl (C=O) groups excluding carboxylic acids is 1. The Morgan fingerprint density at radius 1 is 1.00 bits per heavy atom. The molecule has 2 heterocycles. The number of nitrogens with zero attached hydrogens (tertiary/aromatic N) is 2. The van der Waals surface area contributed by atoms with Gasteiger partial charge in [0.05, 0.1) is 10.3 Å². The molecule has 0 saturated heterocycles. The van der Waals surface area contributed by atoms with Crippen molar-refractivity contribution in [2.24, 2.45) is 0 Å². The molecule has 7 nitrogen and oxygen atoms in total. The predicted molar refractivity (Wildman–Crippen MR) is 131 cm³/mol. The fraction of sp³-hybridized carbons (Fsp3) is 0.160. The molecule has 0 unspecified atom stereocenters. The van der Waals surface area contributed by atoms with Gasteiger partial charge in [0.1, 0.15) is 17.1 Å². The number of carbonyl (C=O) groups is 1. The summed E-state index contributed by atoms with van der Waals surface area (Å²) in [6.45, 7) is 3.66. The number of hydrogen-bond acceptors (Lipinski definition) is 5. The average Bonchev–Trinajstić information content (AvgIpc) is 2.80. The Balaban J connectivity index is 1.73. The first-order valence-corrected chi connectivity index (χ1v) is 12.3. The summed E-state index contributed by atoms with van der Waals surface area (Å²) in [4.78, 5) is 29.9. The van der Waals surface area contributed by atoms with Gasteiger partial charge < -0.3 is 9.88 Å². The number of amides is 1. The minimum absolute atomic E-state index is 0.00774. The van der Waals surface area contributed by atoms with E-state index in [4.69, 9.17) is 11.6 Å². The third-order valence-corrected chi connectivity index (χ3v) is 7.38. The van der Waals surface area contributed by atoms with E-state index in [9.17, 15) is 18.0 Å².